The lowest BCUT2D eigenvalue weighted by molar-refractivity contribution is -0.147. The van der Waals surface area contributed by atoms with Crippen LogP contribution in [0.25, 0.3) is 10.9 Å². The predicted molar refractivity (Wildman–Crippen MR) is 68.1 cm³/mol. The van der Waals surface area contributed by atoms with E-state index in [0.717, 1.165) is 10.9 Å². The van der Waals surface area contributed by atoms with Crippen LogP contribution in [-0.2, 0) is 11.3 Å². The Morgan fingerprint density at radius 1 is 1.35 bits per heavy atom. The number of fused-ring (bicyclic) bond motifs is 1. The van der Waals surface area contributed by atoms with Crippen molar-refractivity contribution in [3.8, 4) is 0 Å². The van der Waals surface area contributed by atoms with Crippen LogP contribution >= 0.6 is 0 Å². The molecule has 0 saturated heterocycles. The van der Waals surface area contributed by atoms with Crippen molar-refractivity contribution < 1.29 is 9.90 Å². The fourth-order valence-corrected chi connectivity index (χ4v) is 1.95. The fourth-order valence-electron chi connectivity index (χ4n) is 1.95. The van der Waals surface area contributed by atoms with E-state index in [9.17, 15) is 4.79 Å². The molecule has 1 aromatic carbocycles. The summed E-state index contributed by atoms with van der Waals surface area (Å²) in [4.78, 5) is 11.1. The van der Waals surface area contributed by atoms with E-state index in [-0.39, 0.29) is 0 Å². The van der Waals surface area contributed by atoms with Gasteiger partial charge in [0.2, 0.25) is 0 Å². The number of aryl methyl sites for hydroxylation is 1. The molecule has 1 aromatic heterocycles. The van der Waals surface area contributed by atoms with Gasteiger partial charge in [-0.2, -0.15) is 0 Å². The summed E-state index contributed by atoms with van der Waals surface area (Å²) in [5, 5.41) is 10.3. The molecule has 0 fully saturated rings. The van der Waals surface area contributed by atoms with Gasteiger partial charge in [-0.25, -0.2) is 0 Å². The molecule has 0 amide bonds. The summed E-state index contributed by atoms with van der Waals surface area (Å²) >= 11 is 0. The first-order valence-electron chi connectivity index (χ1n) is 5.69. The van der Waals surface area contributed by atoms with Crippen molar-refractivity contribution in [3.63, 3.8) is 0 Å². The molecule has 90 valence electrons. The van der Waals surface area contributed by atoms with Gasteiger partial charge in [0, 0.05) is 18.3 Å². The van der Waals surface area contributed by atoms with E-state index in [4.69, 9.17) is 5.11 Å². The summed E-state index contributed by atoms with van der Waals surface area (Å²) in [6.07, 6.45) is 1.95. The number of aromatic nitrogens is 1. The minimum absolute atomic E-state index is 0.481. The van der Waals surface area contributed by atoms with Crippen LogP contribution in [0.4, 0.5) is 0 Å². The number of hydrogen-bond acceptors (Lipinski definition) is 1. The standard InChI is InChI=1S/C14H17NO2/c1-10-4-5-12-11(8-10)6-7-15(12)9-14(2,3)13(16)17/h4-8H,9H2,1-3H3,(H,16,17). The number of hydrogen-bond donors (Lipinski definition) is 1. The molecule has 0 unspecified atom stereocenters. The molecule has 0 bridgehead atoms. The van der Waals surface area contributed by atoms with Crippen molar-refractivity contribution in [3.05, 3.63) is 36.0 Å². The molecule has 2 aromatic rings. The number of carboxylic acids is 1. The molecule has 0 spiro atoms. The van der Waals surface area contributed by atoms with E-state index in [0.29, 0.717) is 6.54 Å². The molecule has 2 rings (SSSR count). The summed E-state index contributed by atoms with van der Waals surface area (Å²) in [6.45, 7) is 6.03. The van der Waals surface area contributed by atoms with E-state index < -0.39 is 11.4 Å². The smallest absolute Gasteiger partial charge is 0.310 e. The molecule has 1 heterocycles. The van der Waals surface area contributed by atoms with Gasteiger partial charge in [-0.1, -0.05) is 11.6 Å². The topological polar surface area (TPSA) is 42.2 Å². The largest absolute Gasteiger partial charge is 0.481 e. The maximum atomic E-state index is 11.1. The fraction of sp³-hybridized carbons (Fsp3) is 0.357. The second-order valence-electron chi connectivity index (χ2n) is 5.19. The van der Waals surface area contributed by atoms with Crippen LogP contribution in [-0.4, -0.2) is 15.6 Å². The number of carboxylic acid groups (broad SMARTS) is 1. The van der Waals surface area contributed by atoms with E-state index in [1.165, 1.54) is 5.56 Å². The molecular weight excluding hydrogens is 214 g/mol. The highest BCUT2D eigenvalue weighted by Gasteiger charge is 2.27. The van der Waals surface area contributed by atoms with Crippen LogP contribution in [0.1, 0.15) is 19.4 Å². The molecule has 0 saturated carbocycles. The molecule has 0 aliphatic carbocycles. The minimum atomic E-state index is -0.772. The lowest BCUT2D eigenvalue weighted by Crippen LogP contribution is -2.28. The average molecular weight is 231 g/mol. The Morgan fingerprint density at radius 3 is 2.71 bits per heavy atom. The second-order valence-corrected chi connectivity index (χ2v) is 5.19. The van der Waals surface area contributed by atoms with Crippen LogP contribution in [0, 0.1) is 12.3 Å². The van der Waals surface area contributed by atoms with Gasteiger partial charge in [0.15, 0.2) is 0 Å². The number of nitrogens with zero attached hydrogens (tertiary/aromatic N) is 1. The first kappa shape index (κ1) is 11.7. The lowest BCUT2D eigenvalue weighted by Gasteiger charge is -2.20. The Hall–Kier alpha value is -1.77. The number of carbonyl (C=O) groups is 1. The predicted octanol–water partition coefficient (Wildman–Crippen LogP) is 3.06. The second kappa shape index (κ2) is 3.91. The van der Waals surface area contributed by atoms with Crippen molar-refractivity contribution in [1.29, 1.82) is 0 Å². The van der Waals surface area contributed by atoms with Crippen LogP contribution in [0.5, 0.6) is 0 Å². The lowest BCUT2D eigenvalue weighted by atomic mass is 9.94. The number of aliphatic carboxylic acids is 1. The van der Waals surface area contributed by atoms with Gasteiger partial charge >= 0.3 is 5.97 Å². The third kappa shape index (κ3) is 2.18. The Bertz CT molecular complexity index is 567. The summed E-state index contributed by atoms with van der Waals surface area (Å²) < 4.78 is 2.00. The highest BCUT2D eigenvalue weighted by atomic mass is 16.4. The van der Waals surface area contributed by atoms with Crippen molar-refractivity contribution in [2.24, 2.45) is 5.41 Å². The molecule has 0 atom stereocenters. The Labute approximate surface area is 101 Å². The normalized spacial score (nSPS) is 11.9. The number of benzene rings is 1. The zero-order valence-electron chi connectivity index (χ0n) is 10.4. The third-order valence-corrected chi connectivity index (χ3v) is 3.07. The molecule has 3 heteroatoms. The highest BCUT2D eigenvalue weighted by Crippen LogP contribution is 2.23. The zero-order chi connectivity index (χ0) is 12.6. The van der Waals surface area contributed by atoms with Gasteiger partial charge in [-0.3, -0.25) is 4.79 Å². The molecule has 0 radical (unpaired) electrons. The van der Waals surface area contributed by atoms with Crippen LogP contribution in [0.3, 0.4) is 0 Å². The van der Waals surface area contributed by atoms with Crippen molar-refractivity contribution in [2.75, 3.05) is 0 Å². The Balaban J connectivity index is 2.41. The van der Waals surface area contributed by atoms with Gasteiger partial charge < -0.3 is 9.67 Å². The van der Waals surface area contributed by atoms with E-state index >= 15 is 0 Å². The monoisotopic (exact) mass is 231 g/mol. The highest BCUT2D eigenvalue weighted by molar-refractivity contribution is 5.81. The zero-order valence-corrected chi connectivity index (χ0v) is 10.4. The van der Waals surface area contributed by atoms with Gasteiger partial charge in [0.25, 0.3) is 0 Å². The van der Waals surface area contributed by atoms with Crippen molar-refractivity contribution in [2.45, 2.75) is 27.3 Å². The van der Waals surface area contributed by atoms with Crippen LogP contribution in [0.2, 0.25) is 0 Å². The first-order chi connectivity index (χ1) is 7.90. The maximum Gasteiger partial charge on any atom is 0.310 e. The summed E-state index contributed by atoms with van der Waals surface area (Å²) in [5.41, 5.74) is 1.55. The van der Waals surface area contributed by atoms with E-state index in [1.54, 1.807) is 13.8 Å². The molecule has 1 N–H and O–H groups in total. The van der Waals surface area contributed by atoms with E-state index in [1.807, 2.05) is 29.0 Å². The minimum Gasteiger partial charge on any atom is -0.481 e. The van der Waals surface area contributed by atoms with Crippen molar-refractivity contribution >= 4 is 16.9 Å². The quantitative estimate of drug-likeness (QED) is 0.882. The van der Waals surface area contributed by atoms with Gasteiger partial charge in [-0.15, -0.1) is 0 Å². The van der Waals surface area contributed by atoms with Gasteiger partial charge in [0.1, 0.15) is 0 Å². The SMILES string of the molecule is Cc1ccc2c(ccn2CC(C)(C)C(=O)O)c1. The molecule has 0 aliphatic rings. The Morgan fingerprint density at radius 2 is 2.06 bits per heavy atom. The average Bonchev–Trinajstić information content (AvgIpc) is 2.60. The van der Waals surface area contributed by atoms with Gasteiger partial charge in [0.05, 0.1) is 5.41 Å². The Kier molecular flexibility index (Phi) is 2.69. The van der Waals surface area contributed by atoms with E-state index in [2.05, 4.69) is 13.0 Å². The van der Waals surface area contributed by atoms with Crippen molar-refractivity contribution in [1.82, 2.24) is 4.57 Å². The summed E-state index contributed by atoms with van der Waals surface area (Å²) in [6, 6.07) is 8.23. The summed E-state index contributed by atoms with van der Waals surface area (Å²) in [5.74, 6) is -0.772. The van der Waals surface area contributed by atoms with Gasteiger partial charge in [-0.05, 0) is 44.4 Å². The maximum absolute atomic E-state index is 11.1. The first-order valence-corrected chi connectivity index (χ1v) is 5.69. The molecule has 17 heavy (non-hydrogen) atoms. The van der Waals surface area contributed by atoms with Crippen LogP contribution < -0.4 is 0 Å². The molecule has 3 nitrogen and oxygen atoms in total. The number of rotatable bonds is 3. The van der Waals surface area contributed by atoms with Crippen LogP contribution in [0.15, 0.2) is 30.5 Å². The summed E-state index contributed by atoms with van der Waals surface area (Å²) in [7, 11) is 0. The molecular formula is C14H17NO2. The third-order valence-electron chi connectivity index (χ3n) is 3.07. The molecule has 0 aliphatic heterocycles.